The Morgan fingerprint density at radius 2 is 1.78 bits per heavy atom. The number of rotatable bonds is 4. The van der Waals surface area contributed by atoms with Gasteiger partial charge in [0.25, 0.3) is 0 Å². The summed E-state index contributed by atoms with van der Waals surface area (Å²) in [5, 5.41) is 0. The normalized spacial score (nSPS) is 21.1. The highest BCUT2D eigenvalue weighted by atomic mass is 19.1. The van der Waals surface area contributed by atoms with Crippen LogP contribution in [0.1, 0.15) is 28.2 Å². The minimum Gasteiger partial charge on any atom is -0.379 e. The second-order valence-electron chi connectivity index (χ2n) is 6.60. The predicted octanol–water partition coefficient (Wildman–Crippen LogP) is 4.06. The van der Waals surface area contributed by atoms with Crippen molar-refractivity contribution in [2.75, 3.05) is 20.3 Å². The zero-order valence-corrected chi connectivity index (χ0v) is 14.1. The smallest absolute Gasteiger partial charge is 0.123 e. The fourth-order valence-corrected chi connectivity index (χ4v) is 3.31. The predicted molar refractivity (Wildman–Crippen MR) is 91.1 cm³/mol. The fraction of sp³-hybridized carbons (Fsp3) is 0.400. The highest BCUT2D eigenvalue weighted by Gasteiger charge is 2.32. The van der Waals surface area contributed by atoms with Gasteiger partial charge in [-0.3, -0.25) is 4.90 Å². The molecule has 0 saturated carbocycles. The number of likely N-dealkylation sites (N-methyl/N-ethyl adjacent to an activating group) is 1. The summed E-state index contributed by atoms with van der Waals surface area (Å²) in [5.74, 6) is 0.111. The number of nitrogens with zero attached hydrogens (tertiary/aromatic N) is 1. The van der Waals surface area contributed by atoms with Gasteiger partial charge >= 0.3 is 0 Å². The maximum absolute atomic E-state index is 13.1. The molecule has 2 atom stereocenters. The third-order valence-corrected chi connectivity index (χ3v) is 4.92. The van der Waals surface area contributed by atoms with Crippen molar-refractivity contribution in [2.45, 2.75) is 32.4 Å². The number of halogens is 1. The Morgan fingerprint density at radius 3 is 2.48 bits per heavy atom. The van der Waals surface area contributed by atoms with Gasteiger partial charge in [-0.1, -0.05) is 30.3 Å². The molecule has 23 heavy (non-hydrogen) atoms. The van der Waals surface area contributed by atoms with E-state index in [4.69, 9.17) is 4.74 Å². The van der Waals surface area contributed by atoms with Gasteiger partial charge in [0, 0.05) is 18.5 Å². The molecule has 0 unspecified atom stereocenters. The van der Waals surface area contributed by atoms with E-state index in [1.807, 2.05) is 12.1 Å². The Balaban J connectivity index is 1.73. The van der Waals surface area contributed by atoms with Gasteiger partial charge in [0.15, 0.2) is 0 Å². The fourth-order valence-electron chi connectivity index (χ4n) is 3.31. The minimum absolute atomic E-state index is 0.187. The molecule has 0 radical (unpaired) electrons. The molecular weight excluding hydrogens is 289 g/mol. The van der Waals surface area contributed by atoms with E-state index in [1.54, 1.807) is 0 Å². The lowest BCUT2D eigenvalue weighted by Gasteiger charge is -2.28. The first-order valence-electron chi connectivity index (χ1n) is 8.14. The lowest BCUT2D eigenvalue weighted by atomic mass is 9.93. The van der Waals surface area contributed by atoms with Gasteiger partial charge in [0.1, 0.15) is 5.82 Å². The zero-order valence-electron chi connectivity index (χ0n) is 14.1. The molecule has 0 spiro atoms. The summed E-state index contributed by atoms with van der Waals surface area (Å²) in [6.07, 6.45) is 0. The van der Waals surface area contributed by atoms with Crippen LogP contribution in [0.5, 0.6) is 0 Å². The lowest BCUT2D eigenvalue weighted by molar-refractivity contribution is 0.156. The van der Waals surface area contributed by atoms with Crippen LogP contribution in [-0.4, -0.2) is 31.2 Å². The SMILES string of the molecule is Cc1ccc(CN(C)[C@@H]2COC[C@H]2c2ccc(F)cc2)cc1C. The molecule has 122 valence electrons. The summed E-state index contributed by atoms with van der Waals surface area (Å²) in [7, 11) is 2.14. The van der Waals surface area contributed by atoms with E-state index in [2.05, 4.69) is 44.0 Å². The Morgan fingerprint density at radius 1 is 1.04 bits per heavy atom. The summed E-state index contributed by atoms with van der Waals surface area (Å²) in [5.41, 5.74) is 5.12. The molecule has 1 saturated heterocycles. The maximum Gasteiger partial charge on any atom is 0.123 e. The van der Waals surface area contributed by atoms with Crippen LogP contribution in [0.3, 0.4) is 0 Å². The van der Waals surface area contributed by atoms with Crippen LogP contribution in [0.25, 0.3) is 0 Å². The molecule has 0 amide bonds. The lowest BCUT2D eigenvalue weighted by Crippen LogP contribution is -2.36. The molecule has 1 fully saturated rings. The second kappa shape index (κ2) is 6.81. The summed E-state index contributed by atoms with van der Waals surface area (Å²) < 4.78 is 18.9. The maximum atomic E-state index is 13.1. The Hall–Kier alpha value is -1.71. The van der Waals surface area contributed by atoms with Gasteiger partial charge in [-0.25, -0.2) is 4.39 Å². The molecule has 1 aliphatic rings. The van der Waals surface area contributed by atoms with Crippen molar-refractivity contribution >= 4 is 0 Å². The van der Waals surface area contributed by atoms with Crippen LogP contribution >= 0.6 is 0 Å². The number of ether oxygens (including phenoxy) is 1. The average Bonchev–Trinajstić information content (AvgIpc) is 3.01. The van der Waals surface area contributed by atoms with Gasteiger partial charge < -0.3 is 4.74 Å². The second-order valence-corrected chi connectivity index (χ2v) is 6.60. The van der Waals surface area contributed by atoms with Crippen LogP contribution in [0, 0.1) is 19.7 Å². The molecular formula is C20H24FNO. The molecule has 2 nitrogen and oxygen atoms in total. The van der Waals surface area contributed by atoms with Gasteiger partial charge in [-0.05, 0) is 55.3 Å². The third kappa shape index (κ3) is 3.62. The van der Waals surface area contributed by atoms with E-state index in [-0.39, 0.29) is 5.82 Å². The van der Waals surface area contributed by atoms with Gasteiger partial charge in [-0.2, -0.15) is 0 Å². The van der Waals surface area contributed by atoms with E-state index in [0.29, 0.717) is 18.6 Å². The van der Waals surface area contributed by atoms with Crippen LogP contribution in [0.15, 0.2) is 42.5 Å². The third-order valence-electron chi connectivity index (χ3n) is 4.92. The van der Waals surface area contributed by atoms with E-state index in [0.717, 1.165) is 18.7 Å². The summed E-state index contributed by atoms with van der Waals surface area (Å²) >= 11 is 0. The standard InChI is InChI=1S/C20H24FNO/c1-14-4-5-16(10-15(14)2)11-22(3)20-13-23-12-19(20)17-6-8-18(21)9-7-17/h4-10,19-20H,11-13H2,1-3H3/t19-,20+/m0/s1. The van der Waals surface area contributed by atoms with Gasteiger partial charge in [0.05, 0.1) is 13.2 Å². The number of hydrogen-bond donors (Lipinski definition) is 0. The highest BCUT2D eigenvalue weighted by molar-refractivity contribution is 5.30. The Labute approximate surface area is 137 Å². The summed E-state index contributed by atoms with van der Waals surface area (Å²) in [6, 6.07) is 13.8. The minimum atomic E-state index is -0.187. The highest BCUT2D eigenvalue weighted by Crippen LogP contribution is 2.30. The number of hydrogen-bond acceptors (Lipinski definition) is 2. The van der Waals surface area contributed by atoms with Crippen LogP contribution < -0.4 is 0 Å². The van der Waals surface area contributed by atoms with Crippen molar-refractivity contribution in [3.8, 4) is 0 Å². The molecule has 0 N–H and O–H groups in total. The molecule has 0 bridgehead atoms. The van der Waals surface area contributed by atoms with Crippen molar-refractivity contribution < 1.29 is 9.13 Å². The summed E-state index contributed by atoms with van der Waals surface area (Å²) in [4.78, 5) is 2.35. The molecule has 0 aliphatic carbocycles. The Bertz CT molecular complexity index is 668. The molecule has 1 aliphatic heterocycles. The van der Waals surface area contributed by atoms with Crippen LogP contribution in [-0.2, 0) is 11.3 Å². The first-order valence-corrected chi connectivity index (χ1v) is 8.14. The van der Waals surface area contributed by atoms with Crippen molar-refractivity contribution in [1.82, 2.24) is 4.90 Å². The number of aryl methyl sites for hydroxylation is 2. The largest absolute Gasteiger partial charge is 0.379 e. The number of benzene rings is 2. The van der Waals surface area contributed by atoms with E-state index in [1.165, 1.54) is 28.8 Å². The van der Waals surface area contributed by atoms with Crippen molar-refractivity contribution in [3.63, 3.8) is 0 Å². The van der Waals surface area contributed by atoms with Crippen LogP contribution in [0.2, 0.25) is 0 Å². The first-order chi connectivity index (χ1) is 11.0. The van der Waals surface area contributed by atoms with E-state index < -0.39 is 0 Å². The topological polar surface area (TPSA) is 12.5 Å². The van der Waals surface area contributed by atoms with Crippen molar-refractivity contribution in [3.05, 3.63) is 70.5 Å². The van der Waals surface area contributed by atoms with Crippen molar-refractivity contribution in [2.24, 2.45) is 0 Å². The molecule has 3 rings (SSSR count). The van der Waals surface area contributed by atoms with Gasteiger partial charge in [-0.15, -0.1) is 0 Å². The monoisotopic (exact) mass is 313 g/mol. The zero-order chi connectivity index (χ0) is 16.4. The van der Waals surface area contributed by atoms with Crippen molar-refractivity contribution in [1.29, 1.82) is 0 Å². The van der Waals surface area contributed by atoms with E-state index in [9.17, 15) is 4.39 Å². The average molecular weight is 313 g/mol. The van der Waals surface area contributed by atoms with E-state index >= 15 is 0 Å². The molecule has 1 heterocycles. The van der Waals surface area contributed by atoms with Crippen LogP contribution in [0.4, 0.5) is 4.39 Å². The molecule has 2 aromatic rings. The quantitative estimate of drug-likeness (QED) is 0.844. The molecule has 0 aromatic heterocycles. The van der Waals surface area contributed by atoms with Gasteiger partial charge in [0.2, 0.25) is 0 Å². The summed E-state index contributed by atoms with van der Waals surface area (Å²) in [6.45, 7) is 6.61. The molecule has 3 heteroatoms. The first kappa shape index (κ1) is 16.2. The molecule has 2 aromatic carbocycles. The Kier molecular flexibility index (Phi) is 4.79.